The number of aryl methyl sites for hydroxylation is 1. The molecule has 1 aliphatic heterocycles. The van der Waals surface area contributed by atoms with Crippen LogP contribution in [0.5, 0.6) is 5.75 Å². The highest BCUT2D eigenvalue weighted by Gasteiger charge is 2.45. The van der Waals surface area contributed by atoms with Crippen molar-refractivity contribution in [2.75, 3.05) is 13.2 Å². The van der Waals surface area contributed by atoms with Gasteiger partial charge in [-0.3, -0.25) is 9.59 Å². The van der Waals surface area contributed by atoms with Crippen molar-refractivity contribution in [1.82, 2.24) is 4.90 Å². The molecule has 6 nitrogen and oxygen atoms in total. The molecule has 32 heavy (non-hydrogen) atoms. The topological polar surface area (TPSA) is 76.1 Å². The highest BCUT2D eigenvalue weighted by atomic mass is 16.5. The van der Waals surface area contributed by atoms with Crippen LogP contribution in [0.25, 0.3) is 5.76 Å². The van der Waals surface area contributed by atoms with Crippen molar-refractivity contribution in [3.8, 4) is 5.75 Å². The largest absolute Gasteiger partial charge is 0.507 e. The van der Waals surface area contributed by atoms with Crippen LogP contribution in [0, 0.1) is 6.92 Å². The van der Waals surface area contributed by atoms with Gasteiger partial charge >= 0.3 is 0 Å². The standard InChI is InChI=1S/C26H31NO5/c1-16(2)31-14-13-27-23(19-9-7-6-8-10-19)22(25(29)26(27)30)24(28)20-11-12-21(18(5)15-20)32-17(3)4/h6-12,15-17,23,28H,13-14H2,1-5H3/b24-22-. The van der Waals surface area contributed by atoms with E-state index in [1.165, 1.54) is 4.90 Å². The van der Waals surface area contributed by atoms with Crippen LogP contribution in [0.15, 0.2) is 54.1 Å². The first-order valence-corrected chi connectivity index (χ1v) is 10.9. The number of ketones is 1. The Kier molecular flexibility index (Phi) is 7.36. The second kappa shape index (κ2) is 10.0. The summed E-state index contributed by atoms with van der Waals surface area (Å²) in [6.07, 6.45) is 0.0288. The fourth-order valence-corrected chi connectivity index (χ4v) is 3.82. The van der Waals surface area contributed by atoms with Crippen molar-refractivity contribution >= 4 is 17.4 Å². The normalized spacial score (nSPS) is 18.1. The van der Waals surface area contributed by atoms with Gasteiger partial charge in [-0.1, -0.05) is 30.3 Å². The van der Waals surface area contributed by atoms with E-state index in [0.29, 0.717) is 17.9 Å². The Hall–Kier alpha value is -3.12. The van der Waals surface area contributed by atoms with Gasteiger partial charge in [-0.2, -0.15) is 0 Å². The van der Waals surface area contributed by atoms with Crippen LogP contribution in [0.4, 0.5) is 0 Å². The zero-order valence-electron chi connectivity index (χ0n) is 19.3. The molecular formula is C26H31NO5. The van der Waals surface area contributed by atoms with Crippen LogP contribution in [0.1, 0.15) is 50.4 Å². The summed E-state index contributed by atoms with van der Waals surface area (Å²) in [7, 11) is 0. The summed E-state index contributed by atoms with van der Waals surface area (Å²) in [5, 5.41) is 11.2. The van der Waals surface area contributed by atoms with Gasteiger partial charge in [-0.05, 0) is 63.9 Å². The van der Waals surface area contributed by atoms with Crippen LogP contribution < -0.4 is 4.74 Å². The first-order valence-electron chi connectivity index (χ1n) is 10.9. The van der Waals surface area contributed by atoms with E-state index in [1.54, 1.807) is 18.2 Å². The van der Waals surface area contributed by atoms with Crippen molar-refractivity contribution < 1.29 is 24.2 Å². The van der Waals surface area contributed by atoms with E-state index >= 15 is 0 Å². The number of benzene rings is 2. The second-order valence-electron chi connectivity index (χ2n) is 8.47. The van der Waals surface area contributed by atoms with Gasteiger partial charge in [0.1, 0.15) is 11.5 Å². The molecule has 1 amide bonds. The molecule has 2 aromatic carbocycles. The van der Waals surface area contributed by atoms with Crippen molar-refractivity contribution in [3.63, 3.8) is 0 Å². The third-order valence-corrected chi connectivity index (χ3v) is 5.25. The third kappa shape index (κ3) is 5.02. The zero-order valence-corrected chi connectivity index (χ0v) is 19.3. The zero-order chi connectivity index (χ0) is 23.4. The van der Waals surface area contributed by atoms with Crippen molar-refractivity contribution in [1.29, 1.82) is 0 Å². The summed E-state index contributed by atoms with van der Waals surface area (Å²) < 4.78 is 11.4. The molecule has 0 aliphatic carbocycles. The highest BCUT2D eigenvalue weighted by molar-refractivity contribution is 6.46. The molecule has 2 aromatic rings. The van der Waals surface area contributed by atoms with E-state index in [2.05, 4.69) is 0 Å². The molecule has 0 saturated carbocycles. The summed E-state index contributed by atoms with van der Waals surface area (Å²) in [5.41, 5.74) is 2.14. The minimum Gasteiger partial charge on any atom is -0.507 e. The molecule has 1 atom stereocenters. The maximum absolute atomic E-state index is 13.0. The Morgan fingerprint density at radius 1 is 1.03 bits per heavy atom. The van der Waals surface area contributed by atoms with Gasteiger partial charge in [-0.25, -0.2) is 0 Å². The Morgan fingerprint density at radius 3 is 2.31 bits per heavy atom. The molecule has 0 radical (unpaired) electrons. The lowest BCUT2D eigenvalue weighted by molar-refractivity contribution is -0.140. The molecular weight excluding hydrogens is 406 g/mol. The Balaban J connectivity index is 2.05. The molecule has 1 N–H and O–H groups in total. The van der Waals surface area contributed by atoms with E-state index in [9.17, 15) is 14.7 Å². The van der Waals surface area contributed by atoms with Crippen LogP contribution in [0.2, 0.25) is 0 Å². The molecule has 3 rings (SSSR count). The van der Waals surface area contributed by atoms with Gasteiger partial charge in [0.2, 0.25) is 0 Å². The summed E-state index contributed by atoms with van der Waals surface area (Å²) >= 11 is 0. The number of rotatable bonds is 8. The minimum atomic E-state index is -0.693. The van der Waals surface area contributed by atoms with Gasteiger partial charge in [0.25, 0.3) is 11.7 Å². The minimum absolute atomic E-state index is 0.0107. The fourth-order valence-electron chi connectivity index (χ4n) is 3.82. The van der Waals surface area contributed by atoms with E-state index in [0.717, 1.165) is 11.1 Å². The predicted octanol–water partition coefficient (Wildman–Crippen LogP) is 4.63. The number of aliphatic hydroxyl groups is 1. The summed E-state index contributed by atoms with van der Waals surface area (Å²) in [4.78, 5) is 27.4. The molecule has 1 unspecified atom stereocenters. The van der Waals surface area contributed by atoms with Gasteiger partial charge in [0, 0.05) is 12.1 Å². The summed E-state index contributed by atoms with van der Waals surface area (Å²) in [5.74, 6) is -0.809. The molecule has 0 spiro atoms. The first-order chi connectivity index (χ1) is 15.2. The maximum atomic E-state index is 13.0. The highest BCUT2D eigenvalue weighted by Crippen LogP contribution is 2.39. The summed E-state index contributed by atoms with van der Waals surface area (Å²) in [6.45, 7) is 10.1. The lowest BCUT2D eigenvalue weighted by atomic mass is 9.95. The Bertz CT molecular complexity index is 1010. The number of hydrogen-bond donors (Lipinski definition) is 1. The number of carbonyl (C=O) groups is 2. The maximum Gasteiger partial charge on any atom is 0.295 e. The van der Waals surface area contributed by atoms with E-state index in [1.807, 2.05) is 65.0 Å². The number of nitrogens with zero attached hydrogens (tertiary/aromatic N) is 1. The van der Waals surface area contributed by atoms with Crippen LogP contribution >= 0.6 is 0 Å². The number of hydrogen-bond acceptors (Lipinski definition) is 5. The molecule has 1 aliphatic rings. The molecule has 1 fully saturated rings. The number of carbonyl (C=O) groups excluding carboxylic acids is 2. The van der Waals surface area contributed by atoms with Gasteiger partial charge in [0.15, 0.2) is 0 Å². The lowest BCUT2D eigenvalue weighted by Crippen LogP contribution is -2.33. The lowest BCUT2D eigenvalue weighted by Gasteiger charge is -2.25. The van der Waals surface area contributed by atoms with E-state index in [4.69, 9.17) is 9.47 Å². The fraction of sp³-hybridized carbons (Fsp3) is 0.385. The number of aliphatic hydroxyl groups excluding tert-OH is 1. The van der Waals surface area contributed by atoms with Crippen molar-refractivity contribution in [2.45, 2.75) is 52.9 Å². The number of Topliss-reactive ketones (excluding diaryl/α,β-unsaturated/α-hetero) is 1. The van der Waals surface area contributed by atoms with Crippen molar-refractivity contribution in [2.24, 2.45) is 0 Å². The first kappa shape index (κ1) is 23.5. The van der Waals surface area contributed by atoms with Crippen LogP contribution in [-0.2, 0) is 14.3 Å². The molecule has 6 heteroatoms. The predicted molar refractivity (Wildman–Crippen MR) is 123 cm³/mol. The van der Waals surface area contributed by atoms with Crippen molar-refractivity contribution in [3.05, 3.63) is 70.8 Å². The monoisotopic (exact) mass is 437 g/mol. The molecule has 0 aromatic heterocycles. The molecule has 0 bridgehead atoms. The van der Waals surface area contributed by atoms with Gasteiger partial charge < -0.3 is 19.5 Å². The Labute approximate surface area is 189 Å². The van der Waals surface area contributed by atoms with Gasteiger partial charge in [-0.15, -0.1) is 0 Å². The van der Waals surface area contributed by atoms with Crippen LogP contribution in [-0.4, -0.2) is 47.1 Å². The average molecular weight is 438 g/mol. The average Bonchev–Trinajstić information content (AvgIpc) is 2.99. The van der Waals surface area contributed by atoms with Gasteiger partial charge in [0.05, 0.1) is 30.4 Å². The summed E-state index contributed by atoms with van der Waals surface area (Å²) in [6, 6.07) is 13.8. The number of amides is 1. The van der Waals surface area contributed by atoms with E-state index in [-0.39, 0.29) is 30.1 Å². The Morgan fingerprint density at radius 2 is 1.72 bits per heavy atom. The molecule has 1 saturated heterocycles. The second-order valence-corrected chi connectivity index (χ2v) is 8.47. The number of likely N-dealkylation sites (tertiary alicyclic amines) is 1. The van der Waals surface area contributed by atoms with E-state index < -0.39 is 17.7 Å². The quantitative estimate of drug-likeness (QED) is 0.370. The third-order valence-electron chi connectivity index (χ3n) is 5.25. The smallest absolute Gasteiger partial charge is 0.295 e. The van der Waals surface area contributed by atoms with Crippen LogP contribution in [0.3, 0.4) is 0 Å². The SMILES string of the molecule is Cc1cc(/C(O)=C2/C(=O)C(=O)N(CCOC(C)C)C2c2ccccc2)ccc1OC(C)C. The molecule has 170 valence electrons. The number of ether oxygens (including phenoxy) is 2. The molecule has 1 heterocycles.